The summed E-state index contributed by atoms with van der Waals surface area (Å²) in [6, 6.07) is 11.4. The zero-order chi connectivity index (χ0) is 19.9. The highest BCUT2D eigenvalue weighted by Gasteiger charge is 2.23. The Bertz CT molecular complexity index is 816. The third-order valence-corrected chi connectivity index (χ3v) is 2.95. The molecule has 0 heterocycles. The van der Waals surface area contributed by atoms with Crippen LogP contribution in [0.2, 0.25) is 0 Å². The molecule has 0 saturated heterocycles. The van der Waals surface area contributed by atoms with Gasteiger partial charge in [-0.15, -0.1) is 0 Å². The molecule has 0 aliphatic carbocycles. The van der Waals surface area contributed by atoms with E-state index in [-0.39, 0.29) is 17.1 Å². The summed E-state index contributed by atoms with van der Waals surface area (Å²) in [4.78, 5) is 30.9. The Labute approximate surface area is 148 Å². The zero-order valence-electron chi connectivity index (χ0n) is 14.1. The number of non-ortho nitro benzene ring substituents is 2. The van der Waals surface area contributed by atoms with E-state index in [1.54, 1.807) is 12.1 Å². The number of aliphatic hydroxyl groups is 1. The molecule has 0 aromatic heterocycles. The number of nitrogens with two attached hydrogens (primary N) is 1. The van der Waals surface area contributed by atoms with Gasteiger partial charge in [0.15, 0.2) is 0 Å². The average molecular weight is 362 g/mol. The minimum absolute atomic E-state index is 0.0278. The predicted octanol–water partition coefficient (Wildman–Crippen LogP) is 2.48. The second-order valence-electron chi connectivity index (χ2n) is 5.67. The van der Waals surface area contributed by atoms with Crippen molar-refractivity contribution in [2.24, 2.45) is 0 Å². The highest BCUT2D eigenvalue weighted by Crippen LogP contribution is 2.18. The molecule has 0 saturated carbocycles. The van der Waals surface area contributed by atoms with Gasteiger partial charge in [-0.25, -0.2) is 0 Å². The fraction of sp³-hybridized carbons (Fsp3) is 0.188. The molecule has 0 aliphatic rings. The lowest BCUT2D eigenvalue weighted by Crippen LogP contribution is -2.36. The summed E-state index contributed by atoms with van der Waals surface area (Å²) >= 11 is 0. The molecule has 0 aliphatic heterocycles. The van der Waals surface area contributed by atoms with Gasteiger partial charge in [0.05, 0.1) is 9.85 Å². The van der Waals surface area contributed by atoms with E-state index in [2.05, 4.69) is 5.32 Å². The molecule has 4 N–H and O–H groups in total. The van der Waals surface area contributed by atoms with E-state index in [1.807, 2.05) is 0 Å². The lowest BCUT2D eigenvalue weighted by Gasteiger charge is -2.16. The van der Waals surface area contributed by atoms with Gasteiger partial charge in [0.25, 0.3) is 17.3 Å². The summed E-state index contributed by atoms with van der Waals surface area (Å²) in [5.41, 5.74) is 4.37. The maximum Gasteiger partial charge on any atom is 0.271 e. The van der Waals surface area contributed by atoms with Gasteiger partial charge >= 0.3 is 0 Å². The number of nitrogen functional groups attached to an aromatic ring is 1. The molecule has 2 aromatic rings. The smallest absolute Gasteiger partial charge is 0.271 e. The van der Waals surface area contributed by atoms with E-state index >= 15 is 0 Å². The maximum absolute atomic E-state index is 11.4. The van der Waals surface area contributed by atoms with Crippen molar-refractivity contribution in [1.82, 2.24) is 0 Å². The first-order valence-electron chi connectivity index (χ1n) is 7.29. The number of benzene rings is 2. The first kappa shape index (κ1) is 20.5. The summed E-state index contributed by atoms with van der Waals surface area (Å²) in [6.07, 6.45) is 0. The Kier molecular flexibility index (Phi) is 6.73. The Balaban J connectivity index is 0.000000289. The summed E-state index contributed by atoms with van der Waals surface area (Å²) in [5, 5.41) is 32.3. The zero-order valence-corrected chi connectivity index (χ0v) is 14.1. The van der Waals surface area contributed by atoms with Crippen molar-refractivity contribution in [2.75, 3.05) is 11.1 Å². The van der Waals surface area contributed by atoms with Gasteiger partial charge in [-0.2, -0.15) is 0 Å². The Morgan fingerprint density at radius 3 is 1.96 bits per heavy atom. The molecule has 0 bridgehead atoms. The van der Waals surface area contributed by atoms with Crippen molar-refractivity contribution >= 4 is 28.7 Å². The van der Waals surface area contributed by atoms with Crippen molar-refractivity contribution in [2.45, 2.75) is 19.4 Å². The van der Waals surface area contributed by atoms with Crippen LogP contribution >= 0.6 is 0 Å². The summed E-state index contributed by atoms with van der Waals surface area (Å²) in [6.45, 7) is 2.67. The number of amides is 1. The number of carbonyl (C=O) groups is 1. The van der Waals surface area contributed by atoms with Crippen LogP contribution in [-0.2, 0) is 4.79 Å². The largest absolute Gasteiger partial charge is 0.399 e. The van der Waals surface area contributed by atoms with Crippen molar-refractivity contribution in [3.8, 4) is 0 Å². The lowest BCUT2D eigenvalue weighted by atomic mass is 10.1. The monoisotopic (exact) mass is 362 g/mol. The Hall–Kier alpha value is -3.53. The number of anilines is 2. The van der Waals surface area contributed by atoms with E-state index < -0.39 is 21.4 Å². The van der Waals surface area contributed by atoms with E-state index in [0.717, 1.165) is 0 Å². The molecule has 1 amide bonds. The second-order valence-corrected chi connectivity index (χ2v) is 5.67. The van der Waals surface area contributed by atoms with Gasteiger partial charge in [-0.05, 0) is 26.0 Å². The fourth-order valence-electron chi connectivity index (χ4n) is 1.62. The number of nitrogens with one attached hydrogen (secondary N) is 1. The van der Waals surface area contributed by atoms with Crippen LogP contribution in [0.4, 0.5) is 22.7 Å². The summed E-state index contributed by atoms with van der Waals surface area (Å²) < 4.78 is 0. The molecule has 0 atom stereocenters. The SMILES string of the molecule is CC(C)(O)C(=O)Nc1cccc([N+](=O)[O-])c1.Nc1cccc([N+](=O)[O-])c1. The summed E-state index contributed by atoms with van der Waals surface area (Å²) in [5.74, 6) is -0.618. The fourth-order valence-corrected chi connectivity index (χ4v) is 1.62. The molecule has 26 heavy (non-hydrogen) atoms. The summed E-state index contributed by atoms with van der Waals surface area (Å²) in [7, 11) is 0. The quantitative estimate of drug-likeness (QED) is 0.427. The number of nitro groups is 2. The van der Waals surface area contributed by atoms with Gasteiger partial charge in [0.1, 0.15) is 5.60 Å². The number of nitro benzene ring substituents is 2. The van der Waals surface area contributed by atoms with E-state index in [1.165, 1.54) is 50.2 Å². The van der Waals surface area contributed by atoms with Gasteiger partial charge in [-0.3, -0.25) is 25.0 Å². The molecule has 0 radical (unpaired) electrons. The maximum atomic E-state index is 11.4. The van der Waals surface area contributed by atoms with Crippen LogP contribution in [0.5, 0.6) is 0 Å². The molecule has 0 unspecified atom stereocenters. The van der Waals surface area contributed by atoms with Crippen molar-refractivity contribution in [3.05, 3.63) is 68.8 Å². The lowest BCUT2D eigenvalue weighted by molar-refractivity contribution is -0.385. The molecule has 10 heteroatoms. The van der Waals surface area contributed by atoms with Gasteiger partial charge in [0.2, 0.25) is 0 Å². The number of nitrogens with zero attached hydrogens (tertiary/aromatic N) is 2. The van der Waals surface area contributed by atoms with Crippen LogP contribution in [0.3, 0.4) is 0 Å². The molecule has 0 fully saturated rings. The number of hydrogen-bond acceptors (Lipinski definition) is 7. The highest BCUT2D eigenvalue weighted by molar-refractivity contribution is 5.96. The minimum atomic E-state index is -1.52. The van der Waals surface area contributed by atoms with Crippen molar-refractivity contribution in [1.29, 1.82) is 0 Å². The van der Waals surface area contributed by atoms with E-state index in [0.29, 0.717) is 5.69 Å². The van der Waals surface area contributed by atoms with Gasteiger partial charge in [-0.1, -0.05) is 12.1 Å². The number of carbonyl (C=O) groups excluding carboxylic acids is 1. The molecule has 2 rings (SSSR count). The molecular formula is C16H18N4O6. The first-order valence-corrected chi connectivity index (χ1v) is 7.29. The number of hydrogen-bond donors (Lipinski definition) is 3. The van der Waals surface area contributed by atoms with Gasteiger partial charge in [0, 0.05) is 35.6 Å². The Morgan fingerprint density at radius 1 is 1.04 bits per heavy atom. The van der Waals surface area contributed by atoms with Crippen LogP contribution in [-0.4, -0.2) is 26.5 Å². The van der Waals surface area contributed by atoms with Crippen LogP contribution in [0.15, 0.2) is 48.5 Å². The van der Waals surface area contributed by atoms with Crippen molar-refractivity contribution < 1.29 is 19.7 Å². The minimum Gasteiger partial charge on any atom is -0.399 e. The predicted molar refractivity (Wildman–Crippen MR) is 95.5 cm³/mol. The van der Waals surface area contributed by atoms with E-state index in [9.17, 15) is 30.1 Å². The average Bonchev–Trinajstić information content (AvgIpc) is 2.54. The van der Waals surface area contributed by atoms with Crippen LogP contribution < -0.4 is 11.1 Å². The van der Waals surface area contributed by atoms with E-state index in [4.69, 9.17) is 5.73 Å². The van der Waals surface area contributed by atoms with Crippen LogP contribution in [0, 0.1) is 20.2 Å². The first-order chi connectivity index (χ1) is 12.0. The van der Waals surface area contributed by atoms with Crippen LogP contribution in [0.25, 0.3) is 0 Å². The molecule has 0 spiro atoms. The third kappa shape index (κ3) is 6.53. The number of rotatable bonds is 4. The standard InChI is InChI=1S/C10H12N2O4.C6H6N2O2/c1-10(2,14)9(13)11-7-4-3-5-8(6-7)12(15)16;7-5-2-1-3-6(4-5)8(9)10/h3-6,14H,1-2H3,(H,11,13);1-4H,7H2. The molecule has 138 valence electrons. The topological polar surface area (TPSA) is 162 Å². The normalized spacial score (nSPS) is 10.3. The molecule has 2 aromatic carbocycles. The molecular weight excluding hydrogens is 344 g/mol. The molecule has 10 nitrogen and oxygen atoms in total. The third-order valence-electron chi connectivity index (χ3n) is 2.95. The second kappa shape index (κ2) is 8.53. The van der Waals surface area contributed by atoms with Gasteiger partial charge < -0.3 is 16.2 Å². The van der Waals surface area contributed by atoms with Crippen molar-refractivity contribution in [3.63, 3.8) is 0 Å². The Morgan fingerprint density at radius 2 is 1.54 bits per heavy atom. The van der Waals surface area contributed by atoms with Crippen LogP contribution in [0.1, 0.15) is 13.8 Å². The highest BCUT2D eigenvalue weighted by atomic mass is 16.6.